The molecule has 0 spiro atoms. The molecule has 2 N–H and O–H groups in total. The summed E-state index contributed by atoms with van der Waals surface area (Å²) in [4.78, 5) is 24.1. The van der Waals surface area contributed by atoms with E-state index in [1.807, 2.05) is 24.3 Å². The molecule has 3 rings (SSSR count). The molecule has 1 aromatic carbocycles. The number of carbonyl (C=O) groups excluding carboxylic acids is 2. The molecule has 0 radical (unpaired) electrons. The minimum absolute atomic E-state index is 0.121. The lowest BCUT2D eigenvalue weighted by molar-refractivity contribution is -0.117. The lowest BCUT2D eigenvalue weighted by Gasteiger charge is -2.29. The van der Waals surface area contributed by atoms with Gasteiger partial charge in [0.2, 0.25) is 5.91 Å². The lowest BCUT2D eigenvalue weighted by atomic mass is 9.86. The van der Waals surface area contributed by atoms with Gasteiger partial charge >= 0.3 is 6.03 Å². The van der Waals surface area contributed by atoms with E-state index in [0.29, 0.717) is 10.9 Å². The molecule has 6 nitrogen and oxygen atoms in total. The predicted molar refractivity (Wildman–Crippen MR) is 98.4 cm³/mol. The topological polar surface area (TPSA) is 84.0 Å². The molecule has 1 saturated carbocycles. The fourth-order valence-electron chi connectivity index (χ4n) is 3.14. The maximum absolute atomic E-state index is 12.0. The van der Waals surface area contributed by atoms with E-state index in [2.05, 4.69) is 27.8 Å². The zero-order valence-electron chi connectivity index (χ0n) is 14.2. The van der Waals surface area contributed by atoms with E-state index in [4.69, 9.17) is 0 Å². The first-order valence-corrected chi connectivity index (χ1v) is 9.55. The fourth-order valence-corrected chi connectivity index (χ4v) is 3.93. The van der Waals surface area contributed by atoms with Crippen molar-refractivity contribution in [1.29, 1.82) is 0 Å². The van der Waals surface area contributed by atoms with Gasteiger partial charge in [-0.1, -0.05) is 55.8 Å². The number of hydrogen-bond donors (Lipinski definition) is 2. The Bertz CT molecular complexity index is 762. The molecule has 25 heavy (non-hydrogen) atoms. The Kier molecular flexibility index (Phi) is 5.86. The van der Waals surface area contributed by atoms with E-state index in [9.17, 15) is 9.59 Å². The van der Waals surface area contributed by atoms with Crippen LogP contribution in [0.4, 0.5) is 4.79 Å². The first-order chi connectivity index (χ1) is 12.1. The molecule has 132 valence electrons. The Morgan fingerprint density at radius 3 is 2.88 bits per heavy atom. The highest BCUT2D eigenvalue weighted by Crippen LogP contribution is 2.25. The average Bonchev–Trinajstić information content (AvgIpc) is 2.62. The normalized spacial score (nSPS) is 20.2. The van der Waals surface area contributed by atoms with E-state index in [1.54, 1.807) is 6.20 Å². The van der Waals surface area contributed by atoms with Crippen molar-refractivity contribution in [2.75, 3.05) is 5.75 Å². The minimum atomic E-state index is -0.409. The summed E-state index contributed by atoms with van der Waals surface area (Å²) in [6, 6.07) is 7.50. The summed E-state index contributed by atoms with van der Waals surface area (Å²) in [5, 5.41) is 16.0. The third-order valence-corrected chi connectivity index (χ3v) is 5.54. The second-order valence-corrected chi connectivity index (χ2v) is 7.38. The van der Waals surface area contributed by atoms with Crippen LogP contribution in [0.3, 0.4) is 0 Å². The monoisotopic (exact) mass is 358 g/mol. The smallest absolute Gasteiger partial charge is 0.321 e. The van der Waals surface area contributed by atoms with Gasteiger partial charge in [0.25, 0.3) is 0 Å². The summed E-state index contributed by atoms with van der Waals surface area (Å²) in [7, 11) is 0. The third kappa shape index (κ3) is 4.69. The SMILES string of the molecule is CC1CCCCC1NC(=O)NC(=O)CSc1nncc2ccccc12. The molecular formula is C18H22N4O2S. The van der Waals surface area contributed by atoms with Crippen molar-refractivity contribution in [1.82, 2.24) is 20.8 Å². The lowest BCUT2D eigenvalue weighted by Crippen LogP contribution is -2.48. The predicted octanol–water partition coefficient (Wildman–Crippen LogP) is 3.13. The van der Waals surface area contributed by atoms with Crippen LogP contribution in [0.15, 0.2) is 35.5 Å². The molecule has 3 amide bonds. The molecule has 2 atom stereocenters. The average molecular weight is 358 g/mol. The van der Waals surface area contributed by atoms with Crippen LogP contribution in [-0.2, 0) is 4.79 Å². The van der Waals surface area contributed by atoms with Gasteiger partial charge in [-0.15, -0.1) is 5.10 Å². The molecule has 2 aromatic rings. The van der Waals surface area contributed by atoms with Gasteiger partial charge in [0.1, 0.15) is 5.03 Å². The Balaban J connectivity index is 1.51. The molecule has 1 aliphatic rings. The molecular weight excluding hydrogens is 336 g/mol. The number of nitrogens with zero attached hydrogens (tertiary/aromatic N) is 2. The molecule has 7 heteroatoms. The van der Waals surface area contributed by atoms with Crippen LogP contribution in [0.2, 0.25) is 0 Å². The maximum Gasteiger partial charge on any atom is 0.321 e. The number of nitrogens with one attached hydrogen (secondary N) is 2. The van der Waals surface area contributed by atoms with Crippen molar-refractivity contribution in [2.45, 2.75) is 43.7 Å². The standard InChI is InChI=1S/C18H22N4O2S/c1-12-6-2-5-9-15(12)20-18(24)21-16(23)11-25-17-14-8-4-3-7-13(14)10-19-22-17/h3-4,7-8,10,12,15H,2,5-6,9,11H2,1H3,(H2,20,21,23,24). The zero-order valence-corrected chi connectivity index (χ0v) is 15.0. The Morgan fingerprint density at radius 2 is 2.04 bits per heavy atom. The molecule has 1 aliphatic carbocycles. The van der Waals surface area contributed by atoms with Gasteiger partial charge in [-0.25, -0.2) is 4.79 Å². The number of benzene rings is 1. The molecule has 0 bridgehead atoms. The van der Waals surface area contributed by atoms with Gasteiger partial charge in [-0.3, -0.25) is 10.1 Å². The molecule has 2 unspecified atom stereocenters. The van der Waals surface area contributed by atoms with Gasteiger partial charge in [0.15, 0.2) is 0 Å². The van der Waals surface area contributed by atoms with E-state index in [0.717, 1.165) is 30.0 Å². The summed E-state index contributed by atoms with van der Waals surface area (Å²) >= 11 is 1.28. The number of urea groups is 1. The summed E-state index contributed by atoms with van der Waals surface area (Å²) in [6.45, 7) is 2.14. The van der Waals surface area contributed by atoms with Crippen LogP contribution in [0.25, 0.3) is 10.8 Å². The highest BCUT2D eigenvalue weighted by molar-refractivity contribution is 8.00. The number of imide groups is 1. The number of amides is 3. The number of fused-ring (bicyclic) bond motifs is 1. The van der Waals surface area contributed by atoms with Crippen molar-refractivity contribution in [2.24, 2.45) is 5.92 Å². The summed E-state index contributed by atoms with van der Waals surface area (Å²) < 4.78 is 0. The summed E-state index contributed by atoms with van der Waals surface area (Å²) in [5.74, 6) is 0.242. The molecule has 0 aliphatic heterocycles. The van der Waals surface area contributed by atoms with Crippen LogP contribution < -0.4 is 10.6 Å². The second kappa shape index (κ2) is 8.29. The van der Waals surface area contributed by atoms with Crippen molar-refractivity contribution >= 4 is 34.5 Å². The molecule has 1 heterocycles. The minimum Gasteiger partial charge on any atom is -0.335 e. The van der Waals surface area contributed by atoms with E-state index in [-0.39, 0.29) is 17.7 Å². The van der Waals surface area contributed by atoms with Crippen LogP contribution in [0.5, 0.6) is 0 Å². The highest BCUT2D eigenvalue weighted by atomic mass is 32.2. The quantitative estimate of drug-likeness (QED) is 0.821. The van der Waals surface area contributed by atoms with Gasteiger partial charge in [-0.2, -0.15) is 5.10 Å². The third-order valence-electron chi connectivity index (χ3n) is 4.56. The van der Waals surface area contributed by atoms with Gasteiger partial charge in [0.05, 0.1) is 11.9 Å². The molecule has 1 fully saturated rings. The molecule has 1 aromatic heterocycles. The number of hydrogen-bond acceptors (Lipinski definition) is 5. The zero-order chi connectivity index (χ0) is 17.6. The number of aromatic nitrogens is 2. The summed E-state index contributed by atoms with van der Waals surface area (Å²) in [6.07, 6.45) is 6.12. The van der Waals surface area contributed by atoms with Gasteiger partial charge in [-0.05, 0) is 18.8 Å². The van der Waals surface area contributed by atoms with Crippen LogP contribution >= 0.6 is 11.8 Å². The first-order valence-electron chi connectivity index (χ1n) is 8.57. The van der Waals surface area contributed by atoms with Crippen LogP contribution in [0, 0.1) is 5.92 Å². The molecule has 0 saturated heterocycles. The first kappa shape index (κ1) is 17.7. The second-order valence-electron chi connectivity index (χ2n) is 6.42. The van der Waals surface area contributed by atoms with Gasteiger partial charge < -0.3 is 5.32 Å². The highest BCUT2D eigenvalue weighted by Gasteiger charge is 2.23. The van der Waals surface area contributed by atoms with Crippen molar-refractivity contribution < 1.29 is 9.59 Å². The Labute approximate surface area is 151 Å². The number of carbonyl (C=O) groups is 2. The van der Waals surface area contributed by atoms with Crippen LogP contribution in [-0.4, -0.2) is 33.9 Å². The van der Waals surface area contributed by atoms with E-state index in [1.165, 1.54) is 18.2 Å². The van der Waals surface area contributed by atoms with Crippen molar-refractivity contribution in [3.63, 3.8) is 0 Å². The fraction of sp³-hybridized carbons (Fsp3) is 0.444. The largest absolute Gasteiger partial charge is 0.335 e. The maximum atomic E-state index is 12.0. The van der Waals surface area contributed by atoms with Crippen molar-refractivity contribution in [3.8, 4) is 0 Å². The summed E-state index contributed by atoms with van der Waals surface area (Å²) in [5.41, 5.74) is 0. The number of rotatable bonds is 4. The van der Waals surface area contributed by atoms with Crippen molar-refractivity contribution in [3.05, 3.63) is 30.5 Å². The van der Waals surface area contributed by atoms with E-state index >= 15 is 0 Å². The van der Waals surface area contributed by atoms with Gasteiger partial charge in [0, 0.05) is 16.8 Å². The number of thioether (sulfide) groups is 1. The Hall–Kier alpha value is -2.15. The van der Waals surface area contributed by atoms with E-state index < -0.39 is 6.03 Å². The van der Waals surface area contributed by atoms with Crippen LogP contribution in [0.1, 0.15) is 32.6 Å². The Morgan fingerprint density at radius 1 is 1.24 bits per heavy atom.